The van der Waals surface area contributed by atoms with Gasteiger partial charge in [0.15, 0.2) is 0 Å². The lowest BCUT2D eigenvalue weighted by Gasteiger charge is -2.26. The predicted molar refractivity (Wildman–Crippen MR) is 110 cm³/mol. The van der Waals surface area contributed by atoms with Crippen molar-refractivity contribution in [2.45, 2.75) is 34.8 Å². The van der Waals surface area contributed by atoms with Gasteiger partial charge in [0.05, 0.1) is 5.02 Å². The van der Waals surface area contributed by atoms with Crippen LogP contribution in [0.5, 0.6) is 0 Å². The molecule has 2 aromatic carbocycles. The van der Waals surface area contributed by atoms with Crippen molar-refractivity contribution in [2.24, 2.45) is 0 Å². The van der Waals surface area contributed by atoms with Crippen LogP contribution in [0.4, 0.5) is 14.5 Å². The average Bonchev–Trinajstić information content (AvgIpc) is 2.70. The maximum absolute atomic E-state index is 12.9. The average molecular weight is 461 g/mol. The van der Waals surface area contributed by atoms with E-state index in [-0.39, 0.29) is 15.5 Å². The van der Waals surface area contributed by atoms with Gasteiger partial charge < -0.3 is 5.32 Å². The third-order valence-corrected chi connectivity index (χ3v) is 7.57. The van der Waals surface area contributed by atoms with Crippen LogP contribution in [-0.2, 0) is 10.0 Å². The predicted octanol–water partition coefficient (Wildman–Crippen LogP) is 5.08. The maximum Gasteiger partial charge on any atom is 0.288 e. The maximum atomic E-state index is 12.9. The lowest BCUT2D eigenvalue weighted by atomic mass is 10.2. The molecule has 0 saturated carbocycles. The molecule has 0 radical (unpaired) electrons. The number of carbonyl (C=O) groups is 1. The van der Waals surface area contributed by atoms with Crippen LogP contribution in [0, 0.1) is 0 Å². The third kappa shape index (κ3) is 5.48. The molecule has 29 heavy (non-hydrogen) atoms. The first-order valence-electron chi connectivity index (χ1n) is 8.93. The lowest BCUT2D eigenvalue weighted by Crippen LogP contribution is -2.35. The van der Waals surface area contributed by atoms with Gasteiger partial charge in [0.25, 0.3) is 11.7 Å². The number of amides is 1. The molecule has 10 heteroatoms. The van der Waals surface area contributed by atoms with Gasteiger partial charge in [-0.25, -0.2) is 8.42 Å². The second-order valence-corrected chi connectivity index (χ2v) is 9.84. The van der Waals surface area contributed by atoms with E-state index in [4.69, 9.17) is 11.6 Å². The van der Waals surface area contributed by atoms with Gasteiger partial charge in [-0.15, -0.1) is 0 Å². The first-order chi connectivity index (χ1) is 13.8. The van der Waals surface area contributed by atoms with Crippen LogP contribution in [0.15, 0.2) is 52.3 Å². The fraction of sp³-hybridized carbons (Fsp3) is 0.316. The highest BCUT2D eigenvalue weighted by Gasteiger charge is 2.28. The number of hydrogen-bond acceptors (Lipinski definition) is 4. The van der Waals surface area contributed by atoms with Crippen LogP contribution in [0.3, 0.4) is 0 Å². The summed E-state index contributed by atoms with van der Waals surface area (Å²) < 4.78 is 52.0. The first-order valence-corrected chi connectivity index (χ1v) is 11.6. The lowest BCUT2D eigenvalue weighted by molar-refractivity contribution is 0.102. The molecule has 0 aliphatic carbocycles. The number of nitrogens with zero attached hydrogens (tertiary/aromatic N) is 1. The molecular formula is C19H19ClF2N2O3S2. The van der Waals surface area contributed by atoms with Gasteiger partial charge in [-0.3, -0.25) is 4.79 Å². The van der Waals surface area contributed by atoms with Crippen LogP contribution in [0.1, 0.15) is 29.6 Å². The zero-order chi connectivity index (χ0) is 21.0. The van der Waals surface area contributed by atoms with Crippen molar-refractivity contribution in [3.05, 3.63) is 53.1 Å². The summed E-state index contributed by atoms with van der Waals surface area (Å²) in [4.78, 5) is 12.8. The largest absolute Gasteiger partial charge is 0.322 e. The normalized spacial score (nSPS) is 15.4. The molecule has 1 amide bonds. The SMILES string of the molecule is O=C(Nc1ccc(SC(F)F)cc1)c1ccc(Cl)c(S(=O)(=O)N2CCCCC2)c1. The molecule has 0 spiro atoms. The highest BCUT2D eigenvalue weighted by molar-refractivity contribution is 7.99. The summed E-state index contributed by atoms with van der Waals surface area (Å²) in [5.74, 6) is -3.05. The Labute approximate surface area is 177 Å². The minimum absolute atomic E-state index is 0.0560. The molecule has 0 atom stereocenters. The van der Waals surface area contributed by atoms with E-state index in [0.717, 1.165) is 19.3 Å². The molecule has 1 N–H and O–H groups in total. The number of alkyl halides is 2. The van der Waals surface area contributed by atoms with Crippen molar-refractivity contribution >= 4 is 45.0 Å². The quantitative estimate of drug-likeness (QED) is 0.610. The van der Waals surface area contributed by atoms with Crippen LogP contribution >= 0.6 is 23.4 Å². The Kier molecular flexibility index (Phi) is 7.15. The summed E-state index contributed by atoms with van der Waals surface area (Å²) in [6.07, 6.45) is 2.56. The molecule has 0 aromatic heterocycles. The Morgan fingerprint density at radius 1 is 1.07 bits per heavy atom. The van der Waals surface area contributed by atoms with Crippen LogP contribution in [0.2, 0.25) is 5.02 Å². The molecule has 1 heterocycles. The van der Waals surface area contributed by atoms with E-state index < -0.39 is 21.7 Å². The summed E-state index contributed by atoms with van der Waals surface area (Å²) in [5.41, 5.74) is 0.542. The number of thioether (sulfide) groups is 1. The fourth-order valence-corrected chi connectivity index (χ4v) is 5.53. The number of carbonyl (C=O) groups excluding carboxylic acids is 1. The molecule has 5 nitrogen and oxygen atoms in total. The Morgan fingerprint density at radius 2 is 1.72 bits per heavy atom. The van der Waals surface area contributed by atoms with Gasteiger partial charge in [0.2, 0.25) is 10.0 Å². The van der Waals surface area contributed by atoms with Crippen molar-refractivity contribution in [1.82, 2.24) is 4.31 Å². The molecule has 156 valence electrons. The molecule has 2 aromatic rings. The van der Waals surface area contributed by atoms with Crippen molar-refractivity contribution in [2.75, 3.05) is 18.4 Å². The number of halogens is 3. The first kappa shape index (κ1) is 22.0. The minimum Gasteiger partial charge on any atom is -0.322 e. The van der Waals surface area contributed by atoms with E-state index in [1.165, 1.54) is 46.8 Å². The number of rotatable bonds is 6. The Balaban J connectivity index is 1.79. The van der Waals surface area contributed by atoms with Crippen LogP contribution < -0.4 is 5.32 Å². The van der Waals surface area contributed by atoms with Crippen molar-refractivity contribution in [3.8, 4) is 0 Å². The Hall–Kier alpha value is -1.68. The topological polar surface area (TPSA) is 66.5 Å². The van der Waals surface area contributed by atoms with Crippen LogP contribution in [0.25, 0.3) is 0 Å². The monoisotopic (exact) mass is 460 g/mol. The van der Waals surface area contributed by atoms with E-state index in [0.29, 0.717) is 35.4 Å². The molecule has 0 bridgehead atoms. The van der Waals surface area contributed by atoms with E-state index in [9.17, 15) is 22.0 Å². The molecule has 1 aliphatic heterocycles. The molecule has 1 saturated heterocycles. The highest BCUT2D eigenvalue weighted by atomic mass is 35.5. The minimum atomic E-state index is -3.79. The number of sulfonamides is 1. The van der Waals surface area contributed by atoms with Crippen LogP contribution in [-0.4, -0.2) is 37.5 Å². The molecular weight excluding hydrogens is 442 g/mol. The van der Waals surface area contributed by atoms with Gasteiger partial charge >= 0.3 is 0 Å². The van der Waals surface area contributed by atoms with E-state index in [1.807, 2.05) is 0 Å². The standard InChI is InChI=1S/C19H19ClF2N2O3S2/c20-16-9-4-13(12-17(16)29(26,27)24-10-2-1-3-11-24)18(25)23-14-5-7-15(8-6-14)28-19(21)22/h4-9,12,19H,1-3,10-11H2,(H,23,25). The van der Waals surface area contributed by atoms with Gasteiger partial charge in [-0.1, -0.05) is 29.8 Å². The number of piperidine rings is 1. The second kappa shape index (κ2) is 9.42. The van der Waals surface area contributed by atoms with Crippen molar-refractivity contribution < 1.29 is 22.0 Å². The van der Waals surface area contributed by atoms with Gasteiger partial charge in [0, 0.05) is 29.2 Å². The molecule has 0 unspecified atom stereocenters. The Morgan fingerprint density at radius 3 is 2.34 bits per heavy atom. The summed E-state index contributed by atoms with van der Waals surface area (Å²) >= 11 is 6.53. The van der Waals surface area contributed by atoms with Crippen molar-refractivity contribution in [1.29, 1.82) is 0 Å². The molecule has 1 fully saturated rings. The summed E-state index contributed by atoms with van der Waals surface area (Å²) in [6.45, 7) is 0.857. The highest BCUT2D eigenvalue weighted by Crippen LogP contribution is 2.29. The van der Waals surface area contributed by atoms with E-state index in [2.05, 4.69) is 5.32 Å². The fourth-order valence-electron chi connectivity index (χ4n) is 3.01. The summed E-state index contributed by atoms with van der Waals surface area (Å²) in [7, 11) is -3.79. The summed E-state index contributed by atoms with van der Waals surface area (Å²) in [5, 5.41) is 2.69. The zero-order valence-electron chi connectivity index (χ0n) is 15.3. The number of anilines is 1. The number of nitrogens with one attached hydrogen (secondary N) is 1. The van der Waals surface area contributed by atoms with Gasteiger partial charge in [-0.05, 0) is 55.3 Å². The van der Waals surface area contributed by atoms with Crippen molar-refractivity contribution in [3.63, 3.8) is 0 Å². The van der Waals surface area contributed by atoms with E-state index in [1.54, 1.807) is 0 Å². The Bertz CT molecular complexity index is 979. The third-order valence-electron chi connectivity index (χ3n) is 4.46. The van der Waals surface area contributed by atoms with Gasteiger partial charge in [-0.2, -0.15) is 13.1 Å². The van der Waals surface area contributed by atoms with Gasteiger partial charge in [0.1, 0.15) is 4.90 Å². The molecule has 3 rings (SSSR count). The zero-order valence-corrected chi connectivity index (χ0v) is 17.7. The summed E-state index contributed by atoms with van der Waals surface area (Å²) in [6, 6.07) is 10.0. The number of hydrogen-bond donors (Lipinski definition) is 1. The smallest absolute Gasteiger partial charge is 0.288 e. The molecule has 1 aliphatic rings. The second-order valence-electron chi connectivity index (χ2n) is 6.47. The van der Waals surface area contributed by atoms with E-state index >= 15 is 0 Å². The number of benzene rings is 2.